The van der Waals surface area contributed by atoms with E-state index < -0.39 is 28.9 Å². The number of Topliss-reactive ketones (excluding diaryl/α,β-unsaturated/α-hetero) is 1. The number of ketones is 1. The molecule has 0 unspecified atom stereocenters. The van der Waals surface area contributed by atoms with Crippen LogP contribution in [0.3, 0.4) is 0 Å². The molecule has 2 saturated carbocycles. The second kappa shape index (κ2) is 6.87. The first-order chi connectivity index (χ1) is 16.4. The monoisotopic (exact) mass is 470 g/mol. The highest BCUT2D eigenvalue weighted by Gasteiger charge is 2.84. The number of anilines is 1. The Kier molecular flexibility index (Phi) is 4.39. The van der Waals surface area contributed by atoms with E-state index in [2.05, 4.69) is 4.90 Å². The van der Waals surface area contributed by atoms with Gasteiger partial charge in [-0.15, -0.1) is 0 Å². The Morgan fingerprint density at radius 3 is 2.50 bits per heavy atom. The lowest BCUT2D eigenvalue weighted by atomic mass is 9.41. The first-order valence-electron chi connectivity index (χ1n) is 11.9. The number of methoxy groups -OCH3 is 4. The predicted molar refractivity (Wildman–Crippen MR) is 120 cm³/mol. The van der Waals surface area contributed by atoms with Crippen molar-refractivity contribution in [3.8, 4) is 11.5 Å². The third kappa shape index (κ3) is 2.06. The number of amides is 1. The highest BCUT2D eigenvalue weighted by molar-refractivity contribution is 6.08. The van der Waals surface area contributed by atoms with Crippen molar-refractivity contribution < 1.29 is 33.3 Å². The van der Waals surface area contributed by atoms with Gasteiger partial charge in [-0.2, -0.15) is 0 Å². The maximum absolute atomic E-state index is 14.0. The summed E-state index contributed by atoms with van der Waals surface area (Å²) in [6.45, 7) is 1.45. The average molecular weight is 471 g/mol. The molecule has 182 valence electrons. The van der Waals surface area contributed by atoms with E-state index in [1.165, 1.54) is 33.3 Å². The molecule has 2 aliphatic carbocycles. The number of piperidine rings is 1. The molecule has 5 aliphatic rings. The lowest BCUT2D eigenvalue weighted by Gasteiger charge is -2.64. The van der Waals surface area contributed by atoms with Crippen molar-refractivity contribution in [1.29, 1.82) is 0 Å². The van der Waals surface area contributed by atoms with Crippen LogP contribution < -0.4 is 14.4 Å². The Balaban J connectivity index is 1.77. The summed E-state index contributed by atoms with van der Waals surface area (Å²) in [5.41, 5.74) is -1.37. The van der Waals surface area contributed by atoms with E-state index in [-0.39, 0.29) is 17.2 Å². The molecule has 2 saturated heterocycles. The third-order valence-corrected chi connectivity index (χ3v) is 9.50. The summed E-state index contributed by atoms with van der Waals surface area (Å²) < 4.78 is 22.1. The molecule has 34 heavy (non-hydrogen) atoms. The molecule has 3 heterocycles. The molecule has 1 amide bonds. The fourth-order valence-corrected chi connectivity index (χ4v) is 8.72. The molecule has 3 aliphatic heterocycles. The smallest absolute Gasteiger partial charge is 0.415 e. The molecule has 1 spiro atoms. The van der Waals surface area contributed by atoms with Crippen molar-refractivity contribution in [2.45, 2.75) is 49.1 Å². The Morgan fingerprint density at radius 2 is 1.82 bits per heavy atom. The molecule has 9 nitrogen and oxygen atoms in total. The highest BCUT2D eigenvalue weighted by atomic mass is 16.6. The van der Waals surface area contributed by atoms with Gasteiger partial charge in [-0.3, -0.25) is 14.6 Å². The van der Waals surface area contributed by atoms with Crippen molar-refractivity contribution in [3.63, 3.8) is 0 Å². The van der Waals surface area contributed by atoms with Crippen LogP contribution in [-0.2, 0) is 24.5 Å². The van der Waals surface area contributed by atoms with E-state index >= 15 is 0 Å². The quantitative estimate of drug-likeness (QED) is 0.621. The maximum Gasteiger partial charge on any atom is 0.415 e. The maximum atomic E-state index is 14.0. The van der Waals surface area contributed by atoms with Crippen molar-refractivity contribution in [2.24, 2.45) is 11.3 Å². The summed E-state index contributed by atoms with van der Waals surface area (Å²) in [5, 5.41) is 0. The fourth-order valence-electron chi connectivity index (χ4n) is 8.72. The van der Waals surface area contributed by atoms with E-state index in [1.54, 1.807) is 6.07 Å². The van der Waals surface area contributed by atoms with Crippen LogP contribution in [0, 0.1) is 11.3 Å². The number of esters is 1. The predicted octanol–water partition coefficient (Wildman–Crippen LogP) is 2.29. The van der Waals surface area contributed by atoms with Gasteiger partial charge in [-0.25, -0.2) is 9.59 Å². The largest absolute Gasteiger partial charge is 0.493 e. The van der Waals surface area contributed by atoms with E-state index in [1.807, 2.05) is 6.07 Å². The van der Waals surface area contributed by atoms with Crippen molar-refractivity contribution >= 4 is 23.5 Å². The Morgan fingerprint density at radius 1 is 1.03 bits per heavy atom. The standard InChI is InChI=1S/C25H30N2O7/c1-31-17-7-6-14-18(19(17)32-2)27(22(30)34-4)24(21(29)33-3)10-9-23-8-5-11-26-13-15(16(28)12-23)25(14,24)20(23)26/h6-7,15,20H,5,8-13H2,1-4H3/t15-,20+,23-,24-,25+/m1/s1. The molecule has 4 fully saturated rings. The van der Waals surface area contributed by atoms with Gasteiger partial charge in [-0.1, -0.05) is 6.07 Å². The summed E-state index contributed by atoms with van der Waals surface area (Å²) in [4.78, 5) is 45.2. The number of hydrogen-bond donors (Lipinski definition) is 0. The van der Waals surface area contributed by atoms with Crippen LogP contribution in [0.1, 0.15) is 37.7 Å². The molecular weight excluding hydrogens is 440 g/mol. The Bertz CT molecular complexity index is 1120. The lowest BCUT2D eigenvalue weighted by Crippen LogP contribution is -2.78. The molecule has 5 atom stereocenters. The van der Waals surface area contributed by atoms with E-state index in [4.69, 9.17) is 18.9 Å². The van der Waals surface area contributed by atoms with Gasteiger partial charge in [0.15, 0.2) is 17.0 Å². The SMILES string of the molecule is COC(=O)N1c2c(ccc(OC)c2OC)[C@@]23[C@@H]4CN5CCC[C@@](CC[C@]12C(=O)OC)(CC4=O)[C@H]53. The van der Waals surface area contributed by atoms with Crippen LogP contribution in [0.4, 0.5) is 10.5 Å². The number of rotatable bonds is 3. The number of hydrogen-bond acceptors (Lipinski definition) is 8. The minimum Gasteiger partial charge on any atom is -0.493 e. The van der Waals surface area contributed by atoms with Gasteiger partial charge in [0.05, 0.1) is 39.5 Å². The average Bonchev–Trinajstić information content (AvgIpc) is 3.32. The minimum absolute atomic E-state index is 0.0594. The zero-order valence-electron chi connectivity index (χ0n) is 20.0. The zero-order chi connectivity index (χ0) is 24.0. The van der Waals surface area contributed by atoms with E-state index in [0.29, 0.717) is 43.0 Å². The van der Waals surface area contributed by atoms with Crippen molar-refractivity contribution in [3.05, 3.63) is 17.7 Å². The number of fused-ring (bicyclic) bond motifs is 1. The minimum atomic E-state index is -1.42. The molecule has 1 aromatic carbocycles. The molecule has 1 aromatic rings. The summed E-state index contributed by atoms with van der Waals surface area (Å²) in [7, 11) is 5.69. The molecule has 0 N–H and O–H groups in total. The van der Waals surface area contributed by atoms with Gasteiger partial charge in [0.25, 0.3) is 0 Å². The van der Waals surface area contributed by atoms with E-state index in [9.17, 15) is 14.4 Å². The summed E-state index contributed by atoms with van der Waals surface area (Å²) in [5.74, 6) is 0.00514. The van der Waals surface area contributed by atoms with Crippen LogP contribution in [0.25, 0.3) is 0 Å². The van der Waals surface area contributed by atoms with Crippen LogP contribution in [0.5, 0.6) is 11.5 Å². The molecular formula is C25H30N2O7. The van der Waals surface area contributed by atoms with Crippen LogP contribution in [0.15, 0.2) is 12.1 Å². The molecule has 0 aromatic heterocycles. The summed E-state index contributed by atoms with van der Waals surface area (Å²) in [6.07, 6.45) is 2.86. The Hall–Kier alpha value is -2.81. The molecule has 0 radical (unpaired) electrons. The van der Waals surface area contributed by atoms with Crippen LogP contribution in [-0.4, -0.2) is 75.9 Å². The van der Waals surface area contributed by atoms with Crippen LogP contribution in [0.2, 0.25) is 0 Å². The van der Waals surface area contributed by atoms with Crippen molar-refractivity contribution in [2.75, 3.05) is 46.4 Å². The van der Waals surface area contributed by atoms with Gasteiger partial charge in [0.2, 0.25) is 0 Å². The van der Waals surface area contributed by atoms with E-state index in [0.717, 1.165) is 24.9 Å². The van der Waals surface area contributed by atoms with Gasteiger partial charge in [-0.05, 0) is 49.3 Å². The Labute approximate surface area is 198 Å². The number of carbonyl (C=O) groups is 3. The highest BCUT2D eigenvalue weighted by Crippen LogP contribution is 2.75. The zero-order valence-corrected chi connectivity index (χ0v) is 20.0. The molecule has 4 bridgehead atoms. The topological polar surface area (TPSA) is 94.6 Å². The second-order valence-electron chi connectivity index (χ2n) is 10.3. The summed E-state index contributed by atoms with van der Waals surface area (Å²) in [6, 6.07) is 3.66. The first-order valence-corrected chi connectivity index (χ1v) is 11.9. The normalized spacial score (nSPS) is 37.1. The number of carbonyl (C=O) groups excluding carboxylic acids is 3. The van der Waals surface area contributed by atoms with Gasteiger partial charge in [0, 0.05) is 24.9 Å². The molecule has 9 heteroatoms. The first kappa shape index (κ1) is 21.7. The summed E-state index contributed by atoms with van der Waals surface area (Å²) >= 11 is 0. The fraction of sp³-hybridized carbons (Fsp3) is 0.640. The van der Waals surface area contributed by atoms with Gasteiger partial charge >= 0.3 is 12.1 Å². The lowest BCUT2D eigenvalue weighted by molar-refractivity contribution is -0.166. The second-order valence-corrected chi connectivity index (χ2v) is 10.3. The third-order valence-electron chi connectivity index (χ3n) is 9.50. The number of nitrogens with zero attached hydrogens (tertiary/aromatic N) is 2. The number of benzene rings is 1. The van der Waals surface area contributed by atoms with Crippen LogP contribution >= 0.6 is 0 Å². The number of ether oxygens (including phenoxy) is 4. The van der Waals surface area contributed by atoms with Crippen molar-refractivity contribution in [1.82, 2.24) is 4.90 Å². The van der Waals surface area contributed by atoms with Gasteiger partial charge < -0.3 is 18.9 Å². The molecule has 6 rings (SSSR count). The van der Waals surface area contributed by atoms with Gasteiger partial charge in [0.1, 0.15) is 5.78 Å².